The summed E-state index contributed by atoms with van der Waals surface area (Å²) >= 11 is 0. The molecule has 0 saturated heterocycles. The molecular weight excluding hydrogens is 180 g/mol. The van der Waals surface area contributed by atoms with E-state index in [9.17, 15) is 5.11 Å². The minimum Gasteiger partial charge on any atom is -0.466 e. The first-order valence-corrected chi connectivity index (χ1v) is 4.89. The van der Waals surface area contributed by atoms with E-state index in [2.05, 4.69) is 0 Å². The van der Waals surface area contributed by atoms with E-state index in [4.69, 9.17) is 9.15 Å². The third kappa shape index (κ3) is 2.86. The van der Waals surface area contributed by atoms with Gasteiger partial charge < -0.3 is 14.3 Å². The summed E-state index contributed by atoms with van der Waals surface area (Å²) in [6.07, 6.45) is 1.15. The van der Waals surface area contributed by atoms with Gasteiger partial charge >= 0.3 is 0 Å². The predicted octanol–water partition coefficient (Wildman–Crippen LogP) is 2.36. The predicted molar refractivity (Wildman–Crippen MR) is 54.3 cm³/mol. The topological polar surface area (TPSA) is 42.6 Å². The molecule has 3 heteroatoms. The highest BCUT2D eigenvalue weighted by Gasteiger charge is 2.13. The second-order valence-electron chi connectivity index (χ2n) is 3.52. The lowest BCUT2D eigenvalue weighted by Crippen LogP contribution is -1.99. The van der Waals surface area contributed by atoms with Crippen LogP contribution in [0.1, 0.15) is 36.0 Å². The maximum atomic E-state index is 9.83. The highest BCUT2D eigenvalue weighted by Crippen LogP contribution is 2.24. The largest absolute Gasteiger partial charge is 0.466 e. The summed E-state index contributed by atoms with van der Waals surface area (Å²) in [4.78, 5) is 0. The van der Waals surface area contributed by atoms with Crippen LogP contribution >= 0.6 is 0 Å². The molecule has 0 spiro atoms. The quantitative estimate of drug-likeness (QED) is 0.738. The lowest BCUT2D eigenvalue weighted by atomic mass is 10.1. The fourth-order valence-electron chi connectivity index (χ4n) is 1.56. The maximum absolute atomic E-state index is 9.83. The summed E-state index contributed by atoms with van der Waals surface area (Å²) in [6, 6.07) is 1.90. The smallest absolute Gasteiger partial charge is 0.106 e. The molecule has 0 aliphatic heterocycles. The van der Waals surface area contributed by atoms with Crippen LogP contribution < -0.4 is 0 Å². The van der Waals surface area contributed by atoms with Crippen molar-refractivity contribution in [1.29, 1.82) is 0 Å². The number of aliphatic hydroxyl groups is 1. The Bertz CT molecular complexity index is 278. The van der Waals surface area contributed by atoms with Gasteiger partial charge in [0.25, 0.3) is 0 Å². The van der Waals surface area contributed by atoms with Crippen LogP contribution in [-0.4, -0.2) is 18.8 Å². The van der Waals surface area contributed by atoms with Crippen molar-refractivity contribution in [3.63, 3.8) is 0 Å². The molecule has 0 amide bonds. The van der Waals surface area contributed by atoms with Crippen molar-refractivity contribution in [3.05, 3.63) is 23.2 Å². The Morgan fingerprint density at radius 3 is 2.71 bits per heavy atom. The molecule has 0 bridgehead atoms. The second-order valence-corrected chi connectivity index (χ2v) is 3.52. The molecule has 3 nitrogen and oxygen atoms in total. The van der Waals surface area contributed by atoms with Crippen LogP contribution in [-0.2, 0) is 4.74 Å². The molecule has 1 aromatic rings. The van der Waals surface area contributed by atoms with Gasteiger partial charge in [0, 0.05) is 19.3 Å². The summed E-state index contributed by atoms with van der Waals surface area (Å²) < 4.78 is 10.3. The van der Waals surface area contributed by atoms with E-state index < -0.39 is 6.10 Å². The van der Waals surface area contributed by atoms with Crippen LogP contribution in [0, 0.1) is 13.8 Å². The molecule has 1 atom stereocenters. The van der Waals surface area contributed by atoms with Crippen LogP contribution in [0.3, 0.4) is 0 Å². The highest BCUT2D eigenvalue weighted by atomic mass is 16.5. The van der Waals surface area contributed by atoms with E-state index in [-0.39, 0.29) is 0 Å². The van der Waals surface area contributed by atoms with Crippen molar-refractivity contribution >= 4 is 0 Å². The van der Waals surface area contributed by atoms with Gasteiger partial charge in [0.15, 0.2) is 0 Å². The molecule has 0 aliphatic carbocycles. The van der Waals surface area contributed by atoms with E-state index in [0.29, 0.717) is 13.0 Å². The molecule has 0 saturated carbocycles. The fraction of sp³-hybridized carbons (Fsp3) is 0.636. The van der Waals surface area contributed by atoms with Gasteiger partial charge in [-0.3, -0.25) is 0 Å². The summed E-state index contributed by atoms with van der Waals surface area (Å²) in [5.74, 6) is 1.66. The van der Waals surface area contributed by atoms with Gasteiger partial charge in [-0.2, -0.15) is 0 Å². The zero-order chi connectivity index (χ0) is 10.6. The van der Waals surface area contributed by atoms with E-state index in [1.165, 1.54) is 0 Å². The highest BCUT2D eigenvalue weighted by molar-refractivity contribution is 5.22. The Hall–Kier alpha value is -0.800. The SMILES string of the molecule is COCCCC(O)c1cc(C)oc1C. The molecule has 1 unspecified atom stereocenters. The minimum atomic E-state index is -0.428. The zero-order valence-corrected chi connectivity index (χ0v) is 9.04. The average Bonchev–Trinajstić information content (AvgIpc) is 2.45. The van der Waals surface area contributed by atoms with E-state index >= 15 is 0 Å². The standard InChI is InChI=1S/C11H18O3/c1-8-7-10(9(2)14-8)11(12)5-4-6-13-3/h7,11-12H,4-6H2,1-3H3. The van der Waals surface area contributed by atoms with Gasteiger partial charge in [-0.1, -0.05) is 0 Å². The maximum Gasteiger partial charge on any atom is 0.106 e. The average molecular weight is 198 g/mol. The number of furan rings is 1. The molecule has 0 aromatic carbocycles. The third-order valence-corrected chi connectivity index (χ3v) is 2.26. The van der Waals surface area contributed by atoms with Crippen LogP contribution in [0.25, 0.3) is 0 Å². The lowest BCUT2D eigenvalue weighted by molar-refractivity contribution is 0.135. The monoisotopic (exact) mass is 198 g/mol. The molecule has 1 heterocycles. The van der Waals surface area contributed by atoms with Gasteiger partial charge in [0.2, 0.25) is 0 Å². The number of rotatable bonds is 5. The number of aliphatic hydroxyl groups excluding tert-OH is 1. The molecule has 14 heavy (non-hydrogen) atoms. The summed E-state index contributed by atoms with van der Waals surface area (Å²) in [5.41, 5.74) is 0.901. The normalized spacial score (nSPS) is 13.1. The molecule has 0 aliphatic rings. The van der Waals surface area contributed by atoms with Gasteiger partial charge in [-0.25, -0.2) is 0 Å². The first kappa shape index (κ1) is 11.3. The number of aryl methyl sites for hydroxylation is 2. The first-order chi connectivity index (χ1) is 6.65. The van der Waals surface area contributed by atoms with Crippen molar-refractivity contribution in [3.8, 4) is 0 Å². The molecule has 1 aromatic heterocycles. The first-order valence-electron chi connectivity index (χ1n) is 4.89. The van der Waals surface area contributed by atoms with Crippen molar-refractivity contribution in [2.75, 3.05) is 13.7 Å². The van der Waals surface area contributed by atoms with Crippen molar-refractivity contribution < 1.29 is 14.3 Å². The Balaban J connectivity index is 2.51. The summed E-state index contributed by atoms with van der Waals surface area (Å²) in [5, 5.41) is 9.83. The van der Waals surface area contributed by atoms with Crippen LogP contribution in [0.15, 0.2) is 10.5 Å². The Kier molecular flexibility index (Phi) is 4.17. The molecule has 1 rings (SSSR count). The van der Waals surface area contributed by atoms with Crippen molar-refractivity contribution in [1.82, 2.24) is 0 Å². The number of methoxy groups -OCH3 is 1. The third-order valence-electron chi connectivity index (χ3n) is 2.26. The lowest BCUT2D eigenvalue weighted by Gasteiger charge is -2.08. The Morgan fingerprint density at radius 2 is 2.21 bits per heavy atom. The zero-order valence-electron chi connectivity index (χ0n) is 9.04. The van der Waals surface area contributed by atoms with E-state index in [1.54, 1.807) is 7.11 Å². The Morgan fingerprint density at radius 1 is 1.50 bits per heavy atom. The number of hydrogen-bond donors (Lipinski definition) is 1. The van der Waals surface area contributed by atoms with E-state index in [0.717, 1.165) is 23.5 Å². The minimum absolute atomic E-state index is 0.428. The van der Waals surface area contributed by atoms with E-state index in [1.807, 2.05) is 19.9 Å². The van der Waals surface area contributed by atoms with Crippen LogP contribution in [0.4, 0.5) is 0 Å². The molecule has 80 valence electrons. The second kappa shape index (κ2) is 5.17. The van der Waals surface area contributed by atoms with Gasteiger partial charge in [0.1, 0.15) is 11.5 Å². The molecular formula is C11H18O3. The van der Waals surface area contributed by atoms with Gasteiger partial charge in [0.05, 0.1) is 6.10 Å². The van der Waals surface area contributed by atoms with Crippen molar-refractivity contribution in [2.45, 2.75) is 32.8 Å². The van der Waals surface area contributed by atoms with Gasteiger partial charge in [-0.15, -0.1) is 0 Å². The number of ether oxygens (including phenoxy) is 1. The fourth-order valence-corrected chi connectivity index (χ4v) is 1.56. The van der Waals surface area contributed by atoms with Crippen LogP contribution in [0.2, 0.25) is 0 Å². The van der Waals surface area contributed by atoms with Crippen LogP contribution in [0.5, 0.6) is 0 Å². The molecule has 0 radical (unpaired) electrons. The summed E-state index contributed by atoms with van der Waals surface area (Å²) in [6.45, 7) is 4.45. The Labute approximate surface area is 84.7 Å². The van der Waals surface area contributed by atoms with Crippen molar-refractivity contribution in [2.24, 2.45) is 0 Å². The summed E-state index contributed by atoms with van der Waals surface area (Å²) in [7, 11) is 1.67. The number of hydrogen-bond acceptors (Lipinski definition) is 3. The van der Waals surface area contributed by atoms with Gasteiger partial charge in [-0.05, 0) is 32.8 Å². The molecule has 0 fully saturated rings. The molecule has 1 N–H and O–H groups in total.